The third-order valence-electron chi connectivity index (χ3n) is 4.35. The van der Waals surface area contributed by atoms with Gasteiger partial charge in [0.15, 0.2) is 0 Å². The number of hydrogen-bond donors (Lipinski definition) is 1. The highest BCUT2D eigenvalue weighted by Crippen LogP contribution is 2.22. The topological polar surface area (TPSA) is 58.6 Å². The van der Waals surface area contributed by atoms with Gasteiger partial charge in [-0.05, 0) is 16.3 Å². The number of nitrogens with zero attached hydrogens (tertiary/aromatic N) is 1. The predicted molar refractivity (Wildman–Crippen MR) is 92.4 cm³/mol. The van der Waals surface area contributed by atoms with Gasteiger partial charge in [-0.2, -0.15) is 0 Å². The first-order chi connectivity index (χ1) is 11.7. The Morgan fingerprint density at radius 3 is 2.88 bits per heavy atom. The molecular formula is C19H22N2O3. The zero-order valence-corrected chi connectivity index (χ0v) is 13.8. The van der Waals surface area contributed by atoms with Crippen molar-refractivity contribution >= 4 is 22.6 Å². The minimum absolute atomic E-state index is 0.0679. The molecule has 5 heteroatoms. The molecule has 1 heterocycles. The van der Waals surface area contributed by atoms with Gasteiger partial charge in [0.2, 0.25) is 11.8 Å². The van der Waals surface area contributed by atoms with Crippen LogP contribution in [0.2, 0.25) is 0 Å². The van der Waals surface area contributed by atoms with Gasteiger partial charge in [-0.25, -0.2) is 0 Å². The Morgan fingerprint density at radius 2 is 2.04 bits per heavy atom. The average Bonchev–Trinajstić information content (AvgIpc) is 2.92. The summed E-state index contributed by atoms with van der Waals surface area (Å²) in [5, 5.41) is 5.25. The molecule has 0 unspecified atom stereocenters. The minimum atomic E-state index is -0.114. The second kappa shape index (κ2) is 7.45. The van der Waals surface area contributed by atoms with Crippen LogP contribution < -0.4 is 5.32 Å². The van der Waals surface area contributed by atoms with Crippen molar-refractivity contribution in [2.45, 2.75) is 25.4 Å². The molecule has 1 N–H and O–H groups in total. The van der Waals surface area contributed by atoms with Gasteiger partial charge in [-0.15, -0.1) is 0 Å². The lowest BCUT2D eigenvalue weighted by molar-refractivity contribution is -0.128. The van der Waals surface area contributed by atoms with E-state index in [2.05, 4.69) is 29.6 Å². The lowest BCUT2D eigenvalue weighted by atomic mass is 10.0. The van der Waals surface area contributed by atoms with Crippen molar-refractivity contribution in [3.05, 3.63) is 48.0 Å². The van der Waals surface area contributed by atoms with Crippen LogP contribution in [0.5, 0.6) is 0 Å². The number of likely N-dealkylation sites (tertiary alicyclic amines) is 1. The summed E-state index contributed by atoms with van der Waals surface area (Å²) in [5.41, 5.74) is 1.13. The Labute approximate surface area is 141 Å². The standard InChI is InChI=1S/C19H22N2O3/c1-24-10-9-18(22)20-16-11-19(23)21(13-16)12-15-7-4-6-14-5-2-3-8-17(14)15/h2-8,16H,9-13H2,1H3,(H,20,22)/t16-/m1/s1. The molecule has 0 saturated carbocycles. The zero-order valence-electron chi connectivity index (χ0n) is 13.8. The highest BCUT2D eigenvalue weighted by atomic mass is 16.5. The number of nitrogens with one attached hydrogen (secondary N) is 1. The van der Waals surface area contributed by atoms with E-state index in [9.17, 15) is 9.59 Å². The zero-order chi connectivity index (χ0) is 16.9. The first-order valence-electron chi connectivity index (χ1n) is 8.20. The van der Waals surface area contributed by atoms with Crippen LogP contribution in [0, 0.1) is 0 Å². The fraction of sp³-hybridized carbons (Fsp3) is 0.368. The quantitative estimate of drug-likeness (QED) is 0.884. The molecule has 1 aliphatic rings. The Balaban J connectivity index is 1.65. The molecule has 0 aliphatic carbocycles. The number of carbonyl (C=O) groups excluding carboxylic acids is 2. The van der Waals surface area contributed by atoms with Crippen LogP contribution in [0.25, 0.3) is 10.8 Å². The van der Waals surface area contributed by atoms with Crippen LogP contribution in [-0.4, -0.2) is 43.0 Å². The number of benzene rings is 2. The van der Waals surface area contributed by atoms with Crippen molar-refractivity contribution in [3.8, 4) is 0 Å². The van der Waals surface area contributed by atoms with Crippen LogP contribution in [0.1, 0.15) is 18.4 Å². The lowest BCUT2D eigenvalue weighted by Gasteiger charge is -2.18. The van der Waals surface area contributed by atoms with E-state index >= 15 is 0 Å². The van der Waals surface area contributed by atoms with Gasteiger partial charge >= 0.3 is 0 Å². The van der Waals surface area contributed by atoms with Crippen molar-refractivity contribution in [1.82, 2.24) is 10.2 Å². The normalized spacial score (nSPS) is 17.5. The van der Waals surface area contributed by atoms with Gasteiger partial charge in [-0.1, -0.05) is 42.5 Å². The molecule has 5 nitrogen and oxygen atoms in total. The maximum atomic E-state index is 12.3. The first kappa shape index (κ1) is 16.5. The van der Waals surface area contributed by atoms with E-state index < -0.39 is 0 Å². The molecule has 1 fully saturated rings. The fourth-order valence-corrected chi connectivity index (χ4v) is 3.15. The number of ether oxygens (including phenoxy) is 1. The van der Waals surface area contributed by atoms with Crippen LogP contribution in [0.15, 0.2) is 42.5 Å². The Kier molecular flexibility index (Phi) is 5.11. The van der Waals surface area contributed by atoms with E-state index in [1.165, 1.54) is 10.8 Å². The van der Waals surface area contributed by atoms with Gasteiger partial charge in [0, 0.05) is 33.0 Å². The molecular weight excluding hydrogens is 304 g/mol. The number of carbonyl (C=O) groups is 2. The molecule has 2 amide bonds. The average molecular weight is 326 g/mol. The summed E-state index contributed by atoms with van der Waals surface area (Å²) in [6.07, 6.45) is 0.688. The molecule has 0 spiro atoms. The monoisotopic (exact) mass is 326 g/mol. The molecule has 1 saturated heterocycles. The number of methoxy groups -OCH3 is 1. The van der Waals surface area contributed by atoms with Crippen LogP contribution in [-0.2, 0) is 20.9 Å². The first-order valence-corrected chi connectivity index (χ1v) is 8.20. The van der Waals surface area contributed by atoms with Crippen molar-refractivity contribution < 1.29 is 14.3 Å². The molecule has 0 radical (unpaired) electrons. The Morgan fingerprint density at radius 1 is 1.25 bits per heavy atom. The summed E-state index contributed by atoms with van der Waals surface area (Å²) in [5.74, 6) is 0.0154. The van der Waals surface area contributed by atoms with Gasteiger partial charge in [-0.3, -0.25) is 9.59 Å². The van der Waals surface area contributed by atoms with Crippen LogP contribution >= 0.6 is 0 Å². The van der Waals surface area contributed by atoms with Crippen molar-refractivity contribution in [2.24, 2.45) is 0 Å². The van der Waals surface area contributed by atoms with Crippen molar-refractivity contribution in [3.63, 3.8) is 0 Å². The van der Waals surface area contributed by atoms with Gasteiger partial charge in [0.05, 0.1) is 12.6 Å². The molecule has 1 atom stereocenters. The lowest BCUT2D eigenvalue weighted by Crippen LogP contribution is -2.37. The van der Waals surface area contributed by atoms with Gasteiger partial charge in [0.1, 0.15) is 0 Å². The number of amides is 2. The van der Waals surface area contributed by atoms with Gasteiger partial charge < -0.3 is 15.0 Å². The van der Waals surface area contributed by atoms with E-state index in [1.807, 2.05) is 23.1 Å². The molecule has 3 rings (SSSR count). The highest BCUT2D eigenvalue weighted by Gasteiger charge is 2.30. The van der Waals surface area contributed by atoms with E-state index in [1.54, 1.807) is 7.11 Å². The predicted octanol–water partition coefficient (Wildman–Crippen LogP) is 2.09. The second-order valence-electron chi connectivity index (χ2n) is 6.12. The summed E-state index contributed by atoms with van der Waals surface area (Å²) in [6.45, 7) is 1.53. The molecule has 0 bridgehead atoms. The summed E-state index contributed by atoms with van der Waals surface area (Å²) >= 11 is 0. The van der Waals surface area contributed by atoms with E-state index in [-0.39, 0.29) is 17.9 Å². The molecule has 2 aromatic rings. The number of fused-ring (bicyclic) bond motifs is 1. The second-order valence-corrected chi connectivity index (χ2v) is 6.12. The summed E-state index contributed by atoms with van der Waals surface area (Å²) < 4.78 is 4.90. The smallest absolute Gasteiger partial charge is 0.225 e. The Bertz CT molecular complexity index is 739. The summed E-state index contributed by atoms with van der Waals surface area (Å²) in [7, 11) is 1.57. The Hall–Kier alpha value is -2.40. The van der Waals surface area contributed by atoms with Crippen LogP contribution in [0.4, 0.5) is 0 Å². The van der Waals surface area contributed by atoms with Gasteiger partial charge in [0.25, 0.3) is 0 Å². The molecule has 2 aromatic carbocycles. The van der Waals surface area contributed by atoms with E-state index in [4.69, 9.17) is 4.74 Å². The maximum Gasteiger partial charge on any atom is 0.225 e. The van der Waals surface area contributed by atoms with Crippen molar-refractivity contribution in [2.75, 3.05) is 20.3 Å². The summed E-state index contributed by atoms with van der Waals surface area (Å²) in [4.78, 5) is 25.9. The minimum Gasteiger partial charge on any atom is -0.384 e. The third kappa shape index (κ3) is 3.74. The maximum absolute atomic E-state index is 12.3. The van der Waals surface area contributed by atoms with Crippen LogP contribution in [0.3, 0.4) is 0 Å². The summed E-state index contributed by atoms with van der Waals surface area (Å²) in [6, 6.07) is 14.2. The third-order valence-corrected chi connectivity index (χ3v) is 4.35. The number of rotatable bonds is 6. The van der Waals surface area contributed by atoms with Crippen molar-refractivity contribution in [1.29, 1.82) is 0 Å². The fourth-order valence-electron chi connectivity index (χ4n) is 3.15. The molecule has 0 aromatic heterocycles. The number of hydrogen-bond acceptors (Lipinski definition) is 3. The molecule has 1 aliphatic heterocycles. The highest BCUT2D eigenvalue weighted by molar-refractivity contribution is 5.87. The molecule has 126 valence electrons. The molecule has 24 heavy (non-hydrogen) atoms. The largest absolute Gasteiger partial charge is 0.384 e. The van der Waals surface area contributed by atoms with E-state index in [0.717, 1.165) is 5.56 Å². The SMILES string of the molecule is COCCC(=O)N[C@@H]1CC(=O)N(Cc2cccc3ccccc23)C1. The van der Waals surface area contributed by atoms with E-state index in [0.29, 0.717) is 32.5 Å².